The maximum Gasteiger partial charge on any atom is 0.162 e. The SMILES string of the molecule is Cc1ccccc1-c1c(C#N)c(NCc2cccnc2)c2ncc(Br)n2c1CN. The van der Waals surface area contributed by atoms with Gasteiger partial charge in [-0.15, -0.1) is 0 Å². The third kappa shape index (κ3) is 3.37. The van der Waals surface area contributed by atoms with Crippen molar-refractivity contribution in [1.82, 2.24) is 14.4 Å². The fourth-order valence-corrected chi connectivity index (χ4v) is 4.05. The van der Waals surface area contributed by atoms with E-state index in [2.05, 4.69) is 37.3 Å². The van der Waals surface area contributed by atoms with E-state index in [1.54, 1.807) is 18.6 Å². The fraction of sp³-hybridized carbons (Fsp3) is 0.136. The van der Waals surface area contributed by atoms with Crippen molar-refractivity contribution in [2.75, 3.05) is 5.32 Å². The van der Waals surface area contributed by atoms with Crippen molar-refractivity contribution < 1.29 is 0 Å². The first-order valence-corrected chi connectivity index (χ1v) is 9.95. The highest BCUT2D eigenvalue weighted by atomic mass is 79.9. The Morgan fingerprint density at radius 3 is 2.72 bits per heavy atom. The van der Waals surface area contributed by atoms with E-state index in [0.29, 0.717) is 23.4 Å². The number of hydrogen-bond acceptors (Lipinski definition) is 5. The minimum absolute atomic E-state index is 0.271. The number of nitrogens with two attached hydrogens (primary N) is 1. The molecule has 4 aromatic rings. The fourth-order valence-electron chi connectivity index (χ4n) is 3.57. The zero-order chi connectivity index (χ0) is 20.4. The zero-order valence-corrected chi connectivity index (χ0v) is 17.4. The molecule has 0 unspecified atom stereocenters. The van der Waals surface area contributed by atoms with E-state index >= 15 is 0 Å². The van der Waals surface area contributed by atoms with E-state index in [9.17, 15) is 5.26 Å². The lowest BCUT2D eigenvalue weighted by Gasteiger charge is -2.20. The van der Waals surface area contributed by atoms with Crippen LogP contribution in [0.4, 0.5) is 5.69 Å². The van der Waals surface area contributed by atoms with Crippen molar-refractivity contribution in [2.24, 2.45) is 5.73 Å². The lowest BCUT2D eigenvalue weighted by Crippen LogP contribution is -2.13. The van der Waals surface area contributed by atoms with E-state index in [1.807, 2.05) is 47.7 Å². The number of imidazole rings is 1. The Kier molecular flexibility index (Phi) is 5.30. The maximum absolute atomic E-state index is 10.1. The minimum atomic E-state index is 0.271. The highest BCUT2D eigenvalue weighted by Gasteiger charge is 2.23. The number of nitrogens with zero attached hydrogens (tertiary/aromatic N) is 4. The van der Waals surface area contributed by atoms with Crippen molar-refractivity contribution in [1.29, 1.82) is 5.26 Å². The van der Waals surface area contributed by atoms with E-state index < -0.39 is 0 Å². The van der Waals surface area contributed by atoms with E-state index in [-0.39, 0.29) is 6.54 Å². The number of fused-ring (bicyclic) bond motifs is 1. The number of aryl methyl sites for hydroxylation is 1. The number of pyridine rings is 2. The average Bonchev–Trinajstić information content (AvgIpc) is 3.13. The number of aromatic nitrogens is 3. The number of nitriles is 1. The predicted molar refractivity (Wildman–Crippen MR) is 117 cm³/mol. The summed E-state index contributed by atoms with van der Waals surface area (Å²) in [6.45, 7) is 2.83. The zero-order valence-electron chi connectivity index (χ0n) is 15.9. The third-order valence-corrected chi connectivity index (χ3v) is 5.47. The number of benzene rings is 1. The molecular weight excluding hydrogens is 428 g/mol. The molecule has 0 aliphatic rings. The number of hydrogen-bond donors (Lipinski definition) is 2. The Morgan fingerprint density at radius 2 is 2.03 bits per heavy atom. The largest absolute Gasteiger partial charge is 0.377 e. The molecule has 0 spiro atoms. The molecule has 0 radical (unpaired) electrons. The second-order valence-corrected chi connectivity index (χ2v) is 7.47. The van der Waals surface area contributed by atoms with E-state index in [1.165, 1.54) is 0 Å². The molecule has 0 saturated carbocycles. The second-order valence-electron chi connectivity index (χ2n) is 6.66. The van der Waals surface area contributed by atoms with Gasteiger partial charge in [0.1, 0.15) is 10.7 Å². The van der Waals surface area contributed by atoms with Gasteiger partial charge in [-0.2, -0.15) is 5.26 Å². The highest BCUT2D eigenvalue weighted by Crippen LogP contribution is 2.38. The summed E-state index contributed by atoms with van der Waals surface area (Å²) >= 11 is 3.58. The summed E-state index contributed by atoms with van der Waals surface area (Å²) in [4.78, 5) is 8.70. The molecule has 3 N–H and O–H groups in total. The van der Waals surface area contributed by atoms with Gasteiger partial charge in [-0.25, -0.2) is 4.98 Å². The molecule has 0 fully saturated rings. The van der Waals surface area contributed by atoms with Crippen LogP contribution in [0, 0.1) is 18.3 Å². The minimum Gasteiger partial charge on any atom is -0.377 e. The molecule has 3 heterocycles. The van der Waals surface area contributed by atoms with Crippen molar-refractivity contribution >= 4 is 27.3 Å². The molecule has 29 heavy (non-hydrogen) atoms. The summed E-state index contributed by atoms with van der Waals surface area (Å²) in [5.74, 6) is 0. The van der Waals surface area contributed by atoms with Crippen LogP contribution in [-0.4, -0.2) is 14.4 Å². The number of halogens is 1. The molecule has 1 aromatic carbocycles. The average molecular weight is 447 g/mol. The third-order valence-electron chi connectivity index (χ3n) is 4.91. The highest BCUT2D eigenvalue weighted by molar-refractivity contribution is 9.10. The molecule has 0 atom stereocenters. The summed E-state index contributed by atoms with van der Waals surface area (Å²) in [5, 5.41) is 13.6. The van der Waals surface area contributed by atoms with Crippen molar-refractivity contribution in [3.63, 3.8) is 0 Å². The van der Waals surface area contributed by atoms with Gasteiger partial charge >= 0.3 is 0 Å². The quantitative estimate of drug-likeness (QED) is 0.473. The standard InChI is InChI=1S/C22H19BrN6/c1-14-5-2-3-7-16(14)20-17(9-24)21(27-12-15-6-4-8-26-11-15)22-28-13-19(23)29(22)18(20)10-25/h2-8,11,13,27H,10,12,25H2,1H3. The number of rotatable bonds is 5. The van der Waals surface area contributed by atoms with E-state index in [0.717, 1.165) is 32.6 Å². The van der Waals surface area contributed by atoms with Gasteiger partial charge < -0.3 is 11.1 Å². The van der Waals surface area contributed by atoms with Gasteiger partial charge in [-0.3, -0.25) is 9.38 Å². The van der Waals surface area contributed by atoms with Gasteiger partial charge in [-0.05, 0) is 45.6 Å². The lowest BCUT2D eigenvalue weighted by atomic mass is 9.93. The molecule has 4 rings (SSSR count). The van der Waals surface area contributed by atoms with Gasteiger partial charge in [0.15, 0.2) is 5.65 Å². The van der Waals surface area contributed by atoms with Crippen LogP contribution in [0.2, 0.25) is 0 Å². The second kappa shape index (κ2) is 8.03. The maximum atomic E-state index is 10.1. The van der Waals surface area contributed by atoms with Crippen LogP contribution in [0.1, 0.15) is 22.4 Å². The lowest BCUT2D eigenvalue weighted by molar-refractivity contribution is 0.934. The molecule has 3 aromatic heterocycles. The van der Waals surface area contributed by atoms with Gasteiger partial charge in [0.05, 0.1) is 17.4 Å². The number of anilines is 1. The summed E-state index contributed by atoms with van der Waals surface area (Å²) in [6.07, 6.45) is 5.27. The summed E-state index contributed by atoms with van der Waals surface area (Å²) in [7, 11) is 0. The smallest absolute Gasteiger partial charge is 0.162 e. The van der Waals surface area contributed by atoms with Gasteiger partial charge in [0.25, 0.3) is 0 Å². The van der Waals surface area contributed by atoms with Gasteiger partial charge in [0, 0.05) is 36.7 Å². The molecule has 6 nitrogen and oxygen atoms in total. The molecule has 0 amide bonds. The molecule has 0 aliphatic carbocycles. The van der Waals surface area contributed by atoms with E-state index in [4.69, 9.17) is 5.73 Å². The van der Waals surface area contributed by atoms with Crippen LogP contribution in [0.3, 0.4) is 0 Å². The Balaban J connectivity index is 2.00. The Bertz CT molecular complexity index is 1220. The Hall–Kier alpha value is -3.21. The van der Waals surface area contributed by atoms with Gasteiger partial charge in [-0.1, -0.05) is 30.3 Å². The van der Waals surface area contributed by atoms with Crippen LogP contribution < -0.4 is 11.1 Å². The summed E-state index contributed by atoms with van der Waals surface area (Å²) < 4.78 is 2.76. The first-order valence-electron chi connectivity index (χ1n) is 9.16. The normalized spacial score (nSPS) is 10.8. The summed E-state index contributed by atoms with van der Waals surface area (Å²) in [6, 6.07) is 14.3. The monoisotopic (exact) mass is 446 g/mol. The van der Waals surface area contributed by atoms with Crippen LogP contribution in [0.5, 0.6) is 0 Å². The number of nitrogens with one attached hydrogen (secondary N) is 1. The molecular formula is C22H19BrN6. The van der Waals surface area contributed by atoms with Crippen molar-refractivity contribution in [3.8, 4) is 17.2 Å². The summed E-state index contributed by atoms with van der Waals surface area (Å²) in [5.41, 5.74) is 12.8. The molecule has 0 aliphatic heterocycles. The molecule has 144 valence electrons. The first-order chi connectivity index (χ1) is 14.2. The van der Waals surface area contributed by atoms with Crippen molar-refractivity contribution in [3.05, 3.63) is 82.0 Å². The van der Waals surface area contributed by atoms with Crippen LogP contribution in [0.25, 0.3) is 16.8 Å². The van der Waals surface area contributed by atoms with Crippen molar-refractivity contribution in [2.45, 2.75) is 20.0 Å². The van der Waals surface area contributed by atoms with Crippen LogP contribution in [0.15, 0.2) is 59.6 Å². The Morgan fingerprint density at radius 1 is 1.21 bits per heavy atom. The Labute approximate surface area is 177 Å². The van der Waals surface area contributed by atoms with Gasteiger partial charge in [0.2, 0.25) is 0 Å². The predicted octanol–water partition coefficient (Wildman–Crippen LogP) is 4.41. The first kappa shape index (κ1) is 19.1. The molecule has 7 heteroatoms. The van der Waals surface area contributed by atoms with Crippen LogP contribution >= 0.6 is 15.9 Å². The molecule has 0 bridgehead atoms. The topological polar surface area (TPSA) is 92.0 Å². The molecule has 0 saturated heterocycles. The van der Waals surface area contributed by atoms with Crippen LogP contribution in [-0.2, 0) is 13.1 Å².